The molecule has 0 unspecified atom stereocenters. The van der Waals surface area contributed by atoms with Crippen molar-refractivity contribution in [3.05, 3.63) is 77.4 Å². The summed E-state index contributed by atoms with van der Waals surface area (Å²) < 4.78 is 29.0. The Hall–Kier alpha value is -3.76. The van der Waals surface area contributed by atoms with Crippen molar-refractivity contribution in [2.24, 2.45) is 4.99 Å². The second-order valence-corrected chi connectivity index (χ2v) is 9.56. The third-order valence-electron chi connectivity index (χ3n) is 6.01. The van der Waals surface area contributed by atoms with Gasteiger partial charge in [0.1, 0.15) is 0 Å². The predicted molar refractivity (Wildman–Crippen MR) is 131 cm³/mol. The van der Waals surface area contributed by atoms with Gasteiger partial charge in [-0.25, -0.2) is 9.79 Å². The molecule has 4 heterocycles. The quantitative estimate of drug-likeness (QED) is 0.482. The first kappa shape index (κ1) is 22.7. The average molecular weight is 527 g/mol. The fourth-order valence-electron chi connectivity index (χ4n) is 4.37. The number of nitrogens with zero attached hydrogens (tertiary/aromatic N) is 2. The van der Waals surface area contributed by atoms with E-state index in [4.69, 9.17) is 35.3 Å². The lowest BCUT2D eigenvalue weighted by Crippen LogP contribution is -2.39. The molecule has 3 aliphatic heterocycles. The Morgan fingerprint density at radius 3 is 2.58 bits per heavy atom. The molecular weight excluding hydrogens is 508 g/mol. The topological polar surface area (TPSA) is 97.6 Å². The summed E-state index contributed by atoms with van der Waals surface area (Å²) in [6.07, 6.45) is 1.69. The minimum Gasteiger partial charge on any atom is -0.463 e. The van der Waals surface area contributed by atoms with Crippen molar-refractivity contribution in [2.75, 3.05) is 20.2 Å². The third-order valence-corrected chi connectivity index (χ3v) is 7.32. The van der Waals surface area contributed by atoms with Crippen LogP contribution in [0.2, 0.25) is 5.02 Å². The van der Waals surface area contributed by atoms with Crippen LogP contribution in [0.4, 0.5) is 0 Å². The van der Waals surface area contributed by atoms with Crippen molar-refractivity contribution in [2.45, 2.75) is 19.9 Å². The van der Waals surface area contributed by atoms with Crippen LogP contribution in [0.3, 0.4) is 0 Å². The van der Waals surface area contributed by atoms with Crippen LogP contribution in [0.5, 0.6) is 23.0 Å². The second-order valence-electron chi connectivity index (χ2n) is 8.14. The maximum absolute atomic E-state index is 13.8. The van der Waals surface area contributed by atoms with Crippen molar-refractivity contribution in [3.8, 4) is 23.0 Å². The van der Waals surface area contributed by atoms with Crippen LogP contribution in [-0.4, -0.2) is 30.7 Å². The summed E-state index contributed by atoms with van der Waals surface area (Å²) >= 11 is 7.66. The Labute approximate surface area is 213 Å². The van der Waals surface area contributed by atoms with E-state index in [-0.39, 0.29) is 31.3 Å². The minimum atomic E-state index is -0.760. The fraction of sp³-hybridized carbons (Fsp3) is 0.240. The number of ether oxygens (including phenoxy) is 5. The number of halogens is 1. The smallest absolute Gasteiger partial charge is 0.338 e. The van der Waals surface area contributed by atoms with Crippen LogP contribution in [0.1, 0.15) is 31.0 Å². The summed E-state index contributed by atoms with van der Waals surface area (Å²) in [6, 6.07) is 7.97. The Bertz CT molecular complexity index is 1640. The number of fused-ring (bicyclic) bond motifs is 3. The molecule has 0 amide bonds. The minimum absolute atomic E-state index is 0.109. The van der Waals surface area contributed by atoms with E-state index in [9.17, 15) is 9.59 Å². The lowest BCUT2D eigenvalue weighted by Gasteiger charge is -2.24. The predicted octanol–water partition coefficient (Wildman–Crippen LogP) is 2.91. The van der Waals surface area contributed by atoms with Crippen LogP contribution in [-0.2, 0) is 9.53 Å². The molecule has 1 aromatic heterocycles. The number of carbonyl (C=O) groups is 1. The zero-order valence-electron chi connectivity index (χ0n) is 19.2. The van der Waals surface area contributed by atoms with Gasteiger partial charge in [-0.3, -0.25) is 9.36 Å². The van der Waals surface area contributed by atoms with Gasteiger partial charge in [-0.2, -0.15) is 0 Å². The van der Waals surface area contributed by atoms with E-state index in [0.29, 0.717) is 54.2 Å². The molecule has 0 radical (unpaired) electrons. The van der Waals surface area contributed by atoms with Gasteiger partial charge in [0.05, 0.1) is 33.5 Å². The first-order valence-corrected chi connectivity index (χ1v) is 12.3. The molecule has 0 saturated carbocycles. The highest BCUT2D eigenvalue weighted by atomic mass is 35.5. The fourth-order valence-corrected chi connectivity index (χ4v) is 5.62. The molecule has 36 heavy (non-hydrogen) atoms. The molecule has 0 bridgehead atoms. The molecule has 0 saturated heterocycles. The van der Waals surface area contributed by atoms with Crippen molar-refractivity contribution in [1.82, 2.24) is 4.57 Å². The molecule has 11 heteroatoms. The number of thiazole rings is 1. The first-order valence-electron chi connectivity index (χ1n) is 11.1. The maximum atomic E-state index is 13.8. The molecule has 0 aliphatic carbocycles. The monoisotopic (exact) mass is 526 g/mol. The number of esters is 1. The lowest BCUT2D eigenvalue weighted by atomic mass is 9.95. The van der Waals surface area contributed by atoms with Crippen LogP contribution in [0.25, 0.3) is 6.08 Å². The Kier molecular flexibility index (Phi) is 5.50. The van der Waals surface area contributed by atoms with E-state index < -0.39 is 12.0 Å². The zero-order chi connectivity index (χ0) is 25.0. The number of hydrogen-bond acceptors (Lipinski definition) is 9. The molecule has 3 aliphatic rings. The number of benzene rings is 2. The highest BCUT2D eigenvalue weighted by molar-refractivity contribution is 7.07. The molecule has 3 aromatic rings. The standard InChI is InChI=1S/C25H19ClN2O7S/c1-3-31-24(30)21-12(2)27-25-28(22(21)13-4-5-16-17(6-13)33-10-32-16)23(29)20(36-25)8-14-7-18-19(9-15(14)26)35-11-34-18/h4-9,22H,3,10-11H2,1-2H3/t22-/m1/s1. The largest absolute Gasteiger partial charge is 0.463 e. The summed E-state index contributed by atoms with van der Waals surface area (Å²) in [6.45, 7) is 3.88. The molecule has 184 valence electrons. The summed E-state index contributed by atoms with van der Waals surface area (Å²) in [5, 5.41) is 0.417. The molecule has 6 rings (SSSR count). The SMILES string of the molecule is CCOC(=O)C1=C(C)N=c2sc(=Cc3cc4c(cc3Cl)OCO4)c(=O)n2[C@@H]1c1ccc2c(c1)OCO2. The van der Waals surface area contributed by atoms with E-state index in [1.165, 1.54) is 15.9 Å². The zero-order valence-corrected chi connectivity index (χ0v) is 20.8. The number of allylic oxidation sites excluding steroid dienone is 1. The number of rotatable bonds is 4. The molecule has 0 N–H and O–H groups in total. The number of carbonyl (C=O) groups excluding carboxylic acids is 1. The van der Waals surface area contributed by atoms with Gasteiger partial charge in [-0.1, -0.05) is 29.0 Å². The van der Waals surface area contributed by atoms with Gasteiger partial charge in [0.2, 0.25) is 13.6 Å². The van der Waals surface area contributed by atoms with Crippen LogP contribution in [0.15, 0.2) is 51.4 Å². The van der Waals surface area contributed by atoms with Crippen LogP contribution >= 0.6 is 22.9 Å². The van der Waals surface area contributed by atoms with E-state index in [2.05, 4.69) is 4.99 Å². The summed E-state index contributed by atoms with van der Waals surface area (Å²) in [7, 11) is 0. The van der Waals surface area contributed by atoms with Crippen molar-refractivity contribution in [3.63, 3.8) is 0 Å². The van der Waals surface area contributed by atoms with Crippen molar-refractivity contribution >= 4 is 35.0 Å². The molecule has 0 spiro atoms. The summed E-state index contributed by atoms with van der Waals surface area (Å²) in [4.78, 5) is 31.8. The second kappa shape index (κ2) is 8.72. The van der Waals surface area contributed by atoms with Crippen molar-refractivity contribution < 1.29 is 28.5 Å². The number of aromatic nitrogens is 1. The number of hydrogen-bond donors (Lipinski definition) is 0. The highest BCUT2D eigenvalue weighted by Crippen LogP contribution is 2.39. The highest BCUT2D eigenvalue weighted by Gasteiger charge is 2.34. The van der Waals surface area contributed by atoms with Gasteiger partial charge in [0.15, 0.2) is 27.8 Å². The summed E-state index contributed by atoms with van der Waals surface area (Å²) in [5.74, 6) is 1.71. The van der Waals surface area contributed by atoms with E-state index in [0.717, 1.165) is 0 Å². The Morgan fingerprint density at radius 2 is 1.83 bits per heavy atom. The molecule has 9 nitrogen and oxygen atoms in total. The molecular formula is C25H19ClN2O7S. The van der Waals surface area contributed by atoms with Crippen molar-refractivity contribution in [1.29, 1.82) is 0 Å². The van der Waals surface area contributed by atoms with Crippen LogP contribution < -0.4 is 33.8 Å². The lowest BCUT2D eigenvalue weighted by molar-refractivity contribution is -0.139. The normalized spacial score (nSPS) is 17.8. The first-order chi connectivity index (χ1) is 17.4. The van der Waals surface area contributed by atoms with Crippen LogP contribution in [0, 0.1) is 0 Å². The summed E-state index contributed by atoms with van der Waals surface area (Å²) in [5.41, 5.74) is 1.72. The Balaban J connectivity index is 1.54. The van der Waals surface area contributed by atoms with Gasteiger partial charge in [-0.05, 0) is 49.2 Å². The molecule has 1 atom stereocenters. The van der Waals surface area contributed by atoms with E-state index in [1.807, 2.05) is 6.07 Å². The van der Waals surface area contributed by atoms with Gasteiger partial charge in [-0.15, -0.1) is 0 Å². The van der Waals surface area contributed by atoms with E-state index in [1.54, 1.807) is 44.2 Å². The molecule has 0 fully saturated rings. The average Bonchev–Trinajstić information content (AvgIpc) is 3.57. The van der Waals surface area contributed by atoms with Gasteiger partial charge >= 0.3 is 5.97 Å². The Morgan fingerprint density at radius 1 is 1.14 bits per heavy atom. The van der Waals surface area contributed by atoms with E-state index >= 15 is 0 Å². The van der Waals surface area contributed by atoms with Gasteiger partial charge < -0.3 is 23.7 Å². The molecule has 2 aromatic carbocycles. The van der Waals surface area contributed by atoms with Gasteiger partial charge in [0, 0.05) is 6.07 Å². The van der Waals surface area contributed by atoms with Gasteiger partial charge in [0.25, 0.3) is 5.56 Å². The maximum Gasteiger partial charge on any atom is 0.338 e. The third kappa shape index (κ3) is 3.64.